The number of halogens is 2. The third kappa shape index (κ3) is 1.78. The average Bonchev–Trinajstić information content (AvgIpc) is 2.16. The lowest BCUT2D eigenvalue weighted by Crippen LogP contribution is -2.00. The van der Waals surface area contributed by atoms with E-state index in [1.807, 2.05) is 0 Å². The van der Waals surface area contributed by atoms with Gasteiger partial charge >= 0.3 is 0 Å². The molecule has 1 aromatic rings. The number of rotatable bonds is 2. The highest BCUT2D eigenvalue weighted by Gasteiger charge is 2.14. The molecule has 0 fully saturated rings. The van der Waals surface area contributed by atoms with E-state index < -0.39 is 16.6 Å². The normalized spacial score (nSPS) is 9.21. The second-order valence-electron chi connectivity index (χ2n) is 2.43. The standard InChI is InChI=1S/C9H3ClFNO2/c10-9(14)6-1-5(4-13)2-8(11)7(6)3-12/h1-2,4H. The molecule has 0 aliphatic rings. The van der Waals surface area contributed by atoms with Crippen LogP contribution in [0, 0.1) is 17.1 Å². The molecule has 0 spiro atoms. The van der Waals surface area contributed by atoms with Crippen molar-refractivity contribution in [2.75, 3.05) is 0 Å². The number of benzene rings is 1. The van der Waals surface area contributed by atoms with Gasteiger partial charge in [0, 0.05) is 5.56 Å². The fourth-order valence-electron chi connectivity index (χ4n) is 0.964. The number of nitrogens with zero attached hydrogens (tertiary/aromatic N) is 1. The SMILES string of the molecule is N#Cc1c(F)cc(C=O)cc1C(=O)Cl. The molecule has 0 saturated carbocycles. The van der Waals surface area contributed by atoms with Gasteiger partial charge in [-0.15, -0.1) is 0 Å². The molecular weight excluding hydrogens is 209 g/mol. The van der Waals surface area contributed by atoms with Crippen molar-refractivity contribution < 1.29 is 14.0 Å². The zero-order valence-corrected chi connectivity index (χ0v) is 7.51. The molecule has 5 heteroatoms. The summed E-state index contributed by atoms with van der Waals surface area (Å²) in [5.74, 6) is -0.930. The molecule has 0 aliphatic heterocycles. The van der Waals surface area contributed by atoms with Crippen LogP contribution >= 0.6 is 11.6 Å². The Balaban J connectivity index is 3.53. The Morgan fingerprint density at radius 2 is 2.21 bits per heavy atom. The number of carbonyl (C=O) groups is 2. The van der Waals surface area contributed by atoms with Crippen LogP contribution in [0.5, 0.6) is 0 Å². The van der Waals surface area contributed by atoms with Crippen LogP contribution in [0.15, 0.2) is 12.1 Å². The number of nitriles is 1. The lowest BCUT2D eigenvalue weighted by Gasteiger charge is -2.00. The molecule has 0 unspecified atom stereocenters. The minimum Gasteiger partial charge on any atom is -0.298 e. The first-order valence-corrected chi connectivity index (χ1v) is 3.86. The summed E-state index contributed by atoms with van der Waals surface area (Å²) >= 11 is 5.12. The Bertz CT molecular complexity index is 451. The maximum atomic E-state index is 13.1. The molecule has 1 aromatic carbocycles. The van der Waals surface area contributed by atoms with Gasteiger partial charge in [0.05, 0.1) is 11.1 Å². The van der Waals surface area contributed by atoms with Gasteiger partial charge in [0.25, 0.3) is 5.24 Å². The van der Waals surface area contributed by atoms with Crippen LogP contribution in [-0.4, -0.2) is 11.5 Å². The first kappa shape index (κ1) is 10.4. The minimum atomic E-state index is -0.968. The molecule has 3 nitrogen and oxygen atoms in total. The maximum absolute atomic E-state index is 13.1. The van der Waals surface area contributed by atoms with Crippen LogP contribution in [0.25, 0.3) is 0 Å². The Labute approximate surface area is 83.7 Å². The van der Waals surface area contributed by atoms with Gasteiger partial charge in [0.2, 0.25) is 0 Å². The summed E-state index contributed by atoms with van der Waals surface area (Å²) in [6.45, 7) is 0. The van der Waals surface area contributed by atoms with Crippen LogP contribution in [0.4, 0.5) is 4.39 Å². The van der Waals surface area contributed by atoms with Gasteiger partial charge in [-0.3, -0.25) is 9.59 Å². The van der Waals surface area contributed by atoms with Gasteiger partial charge in [-0.25, -0.2) is 4.39 Å². The van der Waals surface area contributed by atoms with E-state index >= 15 is 0 Å². The van der Waals surface area contributed by atoms with Crippen LogP contribution in [0.3, 0.4) is 0 Å². The number of hydrogen-bond acceptors (Lipinski definition) is 3. The second-order valence-corrected chi connectivity index (χ2v) is 2.77. The first-order chi connectivity index (χ1) is 6.60. The summed E-state index contributed by atoms with van der Waals surface area (Å²) in [6.07, 6.45) is 0.369. The van der Waals surface area contributed by atoms with E-state index in [0.717, 1.165) is 12.1 Å². The van der Waals surface area contributed by atoms with E-state index in [9.17, 15) is 14.0 Å². The molecule has 70 valence electrons. The quantitative estimate of drug-likeness (QED) is 0.554. The maximum Gasteiger partial charge on any atom is 0.253 e. The Kier molecular flexibility index (Phi) is 2.95. The summed E-state index contributed by atoms with van der Waals surface area (Å²) in [4.78, 5) is 21.1. The molecule has 0 bridgehead atoms. The van der Waals surface area contributed by atoms with Crippen molar-refractivity contribution in [3.8, 4) is 6.07 Å². The summed E-state index contributed by atoms with van der Waals surface area (Å²) in [5.41, 5.74) is -0.780. The van der Waals surface area contributed by atoms with Crippen molar-refractivity contribution in [2.24, 2.45) is 0 Å². The van der Waals surface area contributed by atoms with E-state index in [1.165, 1.54) is 6.07 Å². The molecule has 0 amide bonds. The summed E-state index contributed by atoms with van der Waals surface area (Å²) in [5, 5.41) is 7.55. The number of aldehydes is 1. The molecular formula is C9H3ClFNO2. The van der Waals surface area contributed by atoms with Gasteiger partial charge in [-0.2, -0.15) is 5.26 Å². The van der Waals surface area contributed by atoms with Crippen molar-refractivity contribution >= 4 is 23.1 Å². The predicted octanol–water partition coefficient (Wildman–Crippen LogP) is 1.89. The fraction of sp³-hybridized carbons (Fsp3) is 0. The van der Waals surface area contributed by atoms with Crippen molar-refractivity contribution in [1.82, 2.24) is 0 Å². The molecule has 1 rings (SSSR count). The lowest BCUT2D eigenvalue weighted by atomic mass is 10.1. The smallest absolute Gasteiger partial charge is 0.253 e. The van der Waals surface area contributed by atoms with Gasteiger partial charge < -0.3 is 0 Å². The summed E-state index contributed by atoms with van der Waals surface area (Å²) in [7, 11) is 0. The van der Waals surface area contributed by atoms with Gasteiger partial charge in [-0.05, 0) is 23.7 Å². The zero-order chi connectivity index (χ0) is 10.7. The predicted molar refractivity (Wildman–Crippen MR) is 46.7 cm³/mol. The van der Waals surface area contributed by atoms with Crippen LogP contribution in [-0.2, 0) is 0 Å². The highest BCUT2D eigenvalue weighted by atomic mass is 35.5. The topological polar surface area (TPSA) is 57.9 Å². The zero-order valence-electron chi connectivity index (χ0n) is 6.75. The van der Waals surface area contributed by atoms with Crippen molar-refractivity contribution in [2.45, 2.75) is 0 Å². The Morgan fingerprint density at radius 3 is 2.64 bits per heavy atom. The van der Waals surface area contributed by atoms with Gasteiger partial charge in [0.15, 0.2) is 0 Å². The van der Waals surface area contributed by atoms with Crippen LogP contribution in [0.1, 0.15) is 26.3 Å². The highest BCUT2D eigenvalue weighted by Crippen LogP contribution is 2.16. The molecule has 0 atom stereocenters. The molecule has 0 aliphatic carbocycles. The summed E-state index contributed by atoms with van der Waals surface area (Å²) < 4.78 is 13.1. The number of carbonyl (C=O) groups excluding carboxylic acids is 2. The van der Waals surface area contributed by atoms with E-state index in [-0.39, 0.29) is 11.1 Å². The average molecular weight is 212 g/mol. The summed E-state index contributed by atoms with van der Waals surface area (Å²) in [6, 6.07) is 3.44. The van der Waals surface area contributed by atoms with Gasteiger partial charge in [0.1, 0.15) is 18.2 Å². The van der Waals surface area contributed by atoms with Crippen LogP contribution in [0.2, 0.25) is 0 Å². The fourth-order valence-corrected chi connectivity index (χ4v) is 1.11. The van der Waals surface area contributed by atoms with Crippen LogP contribution < -0.4 is 0 Å². The number of hydrogen-bond donors (Lipinski definition) is 0. The van der Waals surface area contributed by atoms with E-state index in [1.54, 1.807) is 0 Å². The molecule has 14 heavy (non-hydrogen) atoms. The Morgan fingerprint density at radius 1 is 1.57 bits per heavy atom. The molecule has 0 N–H and O–H groups in total. The molecule has 0 heterocycles. The molecule has 0 aromatic heterocycles. The Hall–Kier alpha value is -1.73. The van der Waals surface area contributed by atoms with E-state index in [4.69, 9.17) is 16.9 Å². The van der Waals surface area contributed by atoms with Crippen molar-refractivity contribution in [3.63, 3.8) is 0 Å². The third-order valence-electron chi connectivity index (χ3n) is 1.57. The van der Waals surface area contributed by atoms with Crippen molar-refractivity contribution in [3.05, 3.63) is 34.6 Å². The minimum absolute atomic E-state index is 0.0366. The first-order valence-electron chi connectivity index (χ1n) is 3.48. The monoisotopic (exact) mass is 211 g/mol. The highest BCUT2D eigenvalue weighted by molar-refractivity contribution is 6.68. The largest absolute Gasteiger partial charge is 0.298 e. The lowest BCUT2D eigenvalue weighted by molar-refractivity contribution is 0.108. The third-order valence-corrected chi connectivity index (χ3v) is 1.78. The van der Waals surface area contributed by atoms with Crippen molar-refractivity contribution in [1.29, 1.82) is 5.26 Å². The molecule has 0 radical (unpaired) electrons. The van der Waals surface area contributed by atoms with E-state index in [0.29, 0.717) is 6.29 Å². The molecule has 0 saturated heterocycles. The second kappa shape index (κ2) is 3.99. The van der Waals surface area contributed by atoms with Gasteiger partial charge in [-0.1, -0.05) is 0 Å². The van der Waals surface area contributed by atoms with E-state index in [2.05, 4.69) is 0 Å².